The van der Waals surface area contributed by atoms with Crippen molar-refractivity contribution in [3.63, 3.8) is 0 Å². The highest BCUT2D eigenvalue weighted by atomic mass is 16.5. The quantitative estimate of drug-likeness (QED) is 0.763. The molecule has 0 bridgehead atoms. The third kappa shape index (κ3) is 3.76. The van der Waals surface area contributed by atoms with E-state index >= 15 is 0 Å². The first-order valence-corrected chi connectivity index (χ1v) is 6.34. The van der Waals surface area contributed by atoms with Crippen LogP contribution in [0.25, 0.3) is 0 Å². The molecule has 0 aromatic carbocycles. The normalized spacial score (nSPS) is 22.8. The molecule has 0 radical (unpaired) electrons. The lowest BCUT2D eigenvalue weighted by Gasteiger charge is -2.28. The van der Waals surface area contributed by atoms with E-state index in [1.165, 1.54) is 0 Å². The fourth-order valence-corrected chi connectivity index (χ4v) is 2.08. The fourth-order valence-electron chi connectivity index (χ4n) is 2.08. The Kier molecular flexibility index (Phi) is 5.77. The highest BCUT2D eigenvalue weighted by Gasteiger charge is 2.23. The van der Waals surface area contributed by atoms with Crippen molar-refractivity contribution in [1.29, 1.82) is 0 Å². The summed E-state index contributed by atoms with van der Waals surface area (Å²) in [6.07, 6.45) is 2.08. The van der Waals surface area contributed by atoms with E-state index < -0.39 is 0 Å². The zero-order valence-electron chi connectivity index (χ0n) is 10.7. The molecular weight excluding hydrogens is 204 g/mol. The standard InChI is InChI=1S/C12H24N2O2/c1-4-14(5-2)12(15)10(3)16-11-7-6-8-13-9-11/h10-11,13H,4-9H2,1-3H3. The number of ether oxygens (including phenoxy) is 1. The number of hydrogen-bond acceptors (Lipinski definition) is 3. The molecule has 0 spiro atoms. The Morgan fingerprint density at radius 3 is 2.69 bits per heavy atom. The van der Waals surface area contributed by atoms with Crippen LogP contribution >= 0.6 is 0 Å². The van der Waals surface area contributed by atoms with E-state index in [1.807, 2.05) is 25.7 Å². The van der Waals surface area contributed by atoms with Crippen LogP contribution in [0.5, 0.6) is 0 Å². The van der Waals surface area contributed by atoms with Crippen molar-refractivity contribution in [3.05, 3.63) is 0 Å². The molecule has 0 saturated carbocycles. The molecule has 94 valence electrons. The summed E-state index contributed by atoms with van der Waals surface area (Å²) in [5.41, 5.74) is 0. The highest BCUT2D eigenvalue weighted by Crippen LogP contribution is 2.10. The maximum atomic E-state index is 12.0. The van der Waals surface area contributed by atoms with E-state index in [0.717, 1.165) is 39.0 Å². The third-order valence-corrected chi connectivity index (χ3v) is 3.07. The van der Waals surface area contributed by atoms with Crippen LogP contribution in [0.4, 0.5) is 0 Å². The van der Waals surface area contributed by atoms with Gasteiger partial charge in [0.15, 0.2) is 0 Å². The van der Waals surface area contributed by atoms with E-state index in [2.05, 4.69) is 5.32 Å². The summed E-state index contributed by atoms with van der Waals surface area (Å²) < 4.78 is 5.78. The summed E-state index contributed by atoms with van der Waals surface area (Å²) >= 11 is 0. The van der Waals surface area contributed by atoms with Gasteiger partial charge in [0.1, 0.15) is 6.10 Å². The summed E-state index contributed by atoms with van der Waals surface area (Å²) in [5.74, 6) is 0.107. The van der Waals surface area contributed by atoms with Crippen LogP contribution in [0.1, 0.15) is 33.6 Å². The smallest absolute Gasteiger partial charge is 0.251 e. The molecule has 0 aromatic heterocycles. The second-order valence-electron chi connectivity index (χ2n) is 4.26. The number of amides is 1. The van der Waals surface area contributed by atoms with Gasteiger partial charge in [0.2, 0.25) is 0 Å². The molecule has 1 aliphatic heterocycles. The molecule has 1 N–H and O–H groups in total. The highest BCUT2D eigenvalue weighted by molar-refractivity contribution is 5.80. The predicted molar refractivity (Wildman–Crippen MR) is 64.4 cm³/mol. The molecule has 0 aromatic rings. The largest absolute Gasteiger partial charge is 0.364 e. The summed E-state index contributed by atoms with van der Waals surface area (Å²) in [6.45, 7) is 9.30. The number of piperidine rings is 1. The topological polar surface area (TPSA) is 41.6 Å². The van der Waals surface area contributed by atoms with Crippen molar-refractivity contribution < 1.29 is 9.53 Å². The summed E-state index contributed by atoms with van der Waals surface area (Å²) in [7, 11) is 0. The fraction of sp³-hybridized carbons (Fsp3) is 0.917. The van der Waals surface area contributed by atoms with Gasteiger partial charge in [-0.15, -0.1) is 0 Å². The maximum Gasteiger partial charge on any atom is 0.251 e. The Balaban J connectivity index is 2.37. The summed E-state index contributed by atoms with van der Waals surface area (Å²) in [6, 6.07) is 0. The van der Waals surface area contributed by atoms with Gasteiger partial charge in [0, 0.05) is 19.6 Å². The molecule has 1 saturated heterocycles. The molecule has 1 fully saturated rings. The molecule has 0 aliphatic carbocycles. The Morgan fingerprint density at radius 2 is 2.19 bits per heavy atom. The summed E-state index contributed by atoms with van der Waals surface area (Å²) in [5, 5.41) is 3.29. The van der Waals surface area contributed by atoms with Crippen molar-refractivity contribution in [3.8, 4) is 0 Å². The average molecular weight is 228 g/mol. The Bertz CT molecular complexity index is 211. The van der Waals surface area contributed by atoms with Crippen LogP contribution in [-0.2, 0) is 9.53 Å². The van der Waals surface area contributed by atoms with E-state index in [9.17, 15) is 4.79 Å². The van der Waals surface area contributed by atoms with E-state index in [0.29, 0.717) is 0 Å². The molecule has 1 heterocycles. The first-order chi connectivity index (χ1) is 7.69. The van der Waals surface area contributed by atoms with Crippen molar-refractivity contribution >= 4 is 5.91 Å². The molecule has 1 amide bonds. The molecule has 1 aliphatic rings. The lowest BCUT2D eigenvalue weighted by Crippen LogP contribution is -2.43. The SMILES string of the molecule is CCN(CC)C(=O)C(C)OC1CCCNC1. The minimum absolute atomic E-state index is 0.107. The summed E-state index contributed by atoms with van der Waals surface area (Å²) in [4.78, 5) is 13.8. The van der Waals surface area contributed by atoms with Crippen molar-refractivity contribution in [2.45, 2.75) is 45.8 Å². The molecule has 2 atom stereocenters. The van der Waals surface area contributed by atoms with Gasteiger partial charge in [-0.1, -0.05) is 0 Å². The zero-order chi connectivity index (χ0) is 12.0. The second-order valence-corrected chi connectivity index (χ2v) is 4.26. The van der Waals surface area contributed by atoms with Gasteiger partial charge in [-0.2, -0.15) is 0 Å². The van der Waals surface area contributed by atoms with E-state index in [4.69, 9.17) is 4.74 Å². The maximum absolute atomic E-state index is 12.0. The zero-order valence-corrected chi connectivity index (χ0v) is 10.7. The van der Waals surface area contributed by atoms with E-state index in [-0.39, 0.29) is 18.1 Å². The lowest BCUT2D eigenvalue weighted by atomic mass is 10.1. The van der Waals surface area contributed by atoms with Crippen LogP contribution in [0.15, 0.2) is 0 Å². The average Bonchev–Trinajstić information content (AvgIpc) is 2.31. The Morgan fingerprint density at radius 1 is 1.50 bits per heavy atom. The van der Waals surface area contributed by atoms with Crippen molar-refractivity contribution in [2.75, 3.05) is 26.2 Å². The molecule has 2 unspecified atom stereocenters. The number of carbonyl (C=O) groups is 1. The van der Waals surface area contributed by atoms with Crippen LogP contribution in [0, 0.1) is 0 Å². The van der Waals surface area contributed by atoms with Crippen LogP contribution in [0.2, 0.25) is 0 Å². The first kappa shape index (κ1) is 13.5. The number of rotatable bonds is 5. The molecule has 1 rings (SSSR count). The Labute approximate surface area is 98.3 Å². The number of likely N-dealkylation sites (N-methyl/N-ethyl adjacent to an activating group) is 1. The molecular formula is C12H24N2O2. The Hall–Kier alpha value is -0.610. The van der Waals surface area contributed by atoms with Gasteiger partial charge < -0.3 is 15.0 Å². The van der Waals surface area contributed by atoms with Crippen LogP contribution < -0.4 is 5.32 Å². The van der Waals surface area contributed by atoms with Crippen molar-refractivity contribution in [2.24, 2.45) is 0 Å². The third-order valence-electron chi connectivity index (χ3n) is 3.07. The first-order valence-electron chi connectivity index (χ1n) is 6.34. The van der Waals surface area contributed by atoms with Gasteiger partial charge in [-0.05, 0) is 40.2 Å². The van der Waals surface area contributed by atoms with E-state index in [1.54, 1.807) is 0 Å². The number of nitrogens with zero attached hydrogens (tertiary/aromatic N) is 1. The second kappa shape index (κ2) is 6.86. The van der Waals surface area contributed by atoms with Crippen LogP contribution in [-0.4, -0.2) is 49.2 Å². The number of nitrogens with one attached hydrogen (secondary N) is 1. The predicted octanol–water partition coefficient (Wildman–Crippen LogP) is 1.01. The number of carbonyl (C=O) groups excluding carboxylic acids is 1. The minimum Gasteiger partial charge on any atom is -0.364 e. The lowest BCUT2D eigenvalue weighted by molar-refractivity contribution is -0.146. The molecule has 4 nitrogen and oxygen atoms in total. The van der Waals surface area contributed by atoms with Crippen LogP contribution in [0.3, 0.4) is 0 Å². The van der Waals surface area contributed by atoms with Gasteiger partial charge in [0.05, 0.1) is 6.10 Å². The molecule has 4 heteroatoms. The molecule has 16 heavy (non-hydrogen) atoms. The monoisotopic (exact) mass is 228 g/mol. The van der Waals surface area contributed by atoms with Crippen molar-refractivity contribution in [1.82, 2.24) is 10.2 Å². The van der Waals surface area contributed by atoms with Gasteiger partial charge in [-0.3, -0.25) is 4.79 Å². The van der Waals surface area contributed by atoms with Gasteiger partial charge in [-0.25, -0.2) is 0 Å². The van der Waals surface area contributed by atoms with Gasteiger partial charge >= 0.3 is 0 Å². The number of hydrogen-bond donors (Lipinski definition) is 1. The minimum atomic E-state index is -0.315. The van der Waals surface area contributed by atoms with Gasteiger partial charge in [0.25, 0.3) is 5.91 Å².